The second-order valence-corrected chi connectivity index (χ2v) is 5.59. The number of nitro benzene ring substituents is 1. The molecule has 2 unspecified atom stereocenters. The Hall–Kier alpha value is -3.22. The quantitative estimate of drug-likeness (QED) is 0.500. The molecular formula is C17H15N3O4. The monoisotopic (exact) mass is 325 g/mol. The zero-order valence-corrected chi connectivity index (χ0v) is 12.6. The van der Waals surface area contributed by atoms with Gasteiger partial charge < -0.3 is 5.11 Å². The zero-order chi connectivity index (χ0) is 17.1. The van der Waals surface area contributed by atoms with Crippen molar-refractivity contribution < 1.29 is 14.8 Å². The van der Waals surface area contributed by atoms with Gasteiger partial charge in [0, 0.05) is 23.6 Å². The Balaban J connectivity index is 1.60. The number of phenols is 1. The molecule has 0 aromatic heterocycles. The van der Waals surface area contributed by atoms with Crippen LogP contribution in [0, 0.1) is 16.0 Å². The van der Waals surface area contributed by atoms with Gasteiger partial charge in [0.1, 0.15) is 5.75 Å². The summed E-state index contributed by atoms with van der Waals surface area (Å²) in [5.74, 6) is -0.270. The minimum atomic E-state index is -0.565. The van der Waals surface area contributed by atoms with E-state index in [1.54, 1.807) is 0 Å². The lowest BCUT2D eigenvalue weighted by Crippen LogP contribution is -2.20. The highest BCUT2D eigenvalue weighted by Gasteiger charge is 2.43. The first-order chi connectivity index (χ1) is 11.6. The Morgan fingerprint density at radius 3 is 2.75 bits per heavy atom. The maximum Gasteiger partial charge on any atom is 0.270 e. The second kappa shape index (κ2) is 6.49. The minimum Gasteiger partial charge on any atom is -0.507 e. The fraction of sp³-hybridized carbons (Fsp3) is 0.176. The lowest BCUT2D eigenvalue weighted by Gasteiger charge is -2.01. The number of amides is 1. The summed E-state index contributed by atoms with van der Waals surface area (Å²) in [6, 6.07) is 13.4. The van der Waals surface area contributed by atoms with Crippen LogP contribution in [0.25, 0.3) is 0 Å². The maximum absolute atomic E-state index is 12.0. The van der Waals surface area contributed by atoms with Crippen LogP contribution in [-0.2, 0) is 4.79 Å². The first-order valence-electron chi connectivity index (χ1n) is 7.41. The maximum atomic E-state index is 12.0. The number of hydrogen-bond acceptors (Lipinski definition) is 5. The molecule has 3 rings (SSSR count). The SMILES string of the molecule is O=C(NN=Cc1cc([N+](=O)[O-])ccc1O)C1CC1c1ccccc1. The molecule has 1 aliphatic rings. The van der Waals surface area contributed by atoms with Crippen molar-refractivity contribution in [3.8, 4) is 5.75 Å². The van der Waals surface area contributed by atoms with Crippen LogP contribution in [0.4, 0.5) is 5.69 Å². The molecular weight excluding hydrogens is 310 g/mol. The van der Waals surface area contributed by atoms with Crippen LogP contribution < -0.4 is 5.43 Å². The molecule has 7 heteroatoms. The van der Waals surface area contributed by atoms with Crippen molar-refractivity contribution >= 4 is 17.8 Å². The van der Waals surface area contributed by atoms with E-state index < -0.39 is 4.92 Å². The number of rotatable bonds is 5. The number of carbonyl (C=O) groups excluding carboxylic acids is 1. The molecule has 0 aliphatic heterocycles. The van der Waals surface area contributed by atoms with E-state index in [2.05, 4.69) is 10.5 Å². The van der Waals surface area contributed by atoms with E-state index in [-0.39, 0.29) is 34.7 Å². The number of nitrogens with one attached hydrogen (secondary N) is 1. The molecule has 0 radical (unpaired) electrons. The van der Waals surface area contributed by atoms with Gasteiger partial charge in [-0.2, -0.15) is 5.10 Å². The summed E-state index contributed by atoms with van der Waals surface area (Å²) < 4.78 is 0. The topological polar surface area (TPSA) is 105 Å². The zero-order valence-electron chi connectivity index (χ0n) is 12.6. The normalized spacial score (nSPS) is 19.2. The van der Waals surface area contributed by atoms with Crippen LogP contribution in [0.3, 0.4) is 0 Å². The van der Waals surface area contributed by atoms with Crippen molar-refractivity contribution in [3.63, 3.8) is 0 Å². The molecule has 2 atom stereocenters. The summed E-state index contributed by atoms with van der Waals surface area (Å²) in [7, 11) is 0. The van der Waals surface area contributed by atoms with Gasteiger partial charge >= 0.3 is 0 Å². The number of nitro groups is 1. The molecule has 0 saturated heterocycles. The second-order valence-electron chi connectivity index (χ2n) is 5.59. The molecule has 1 saturated carbocycles. The number of aromatic hydroxyl groups is 1. The molecule has 0 spiro atoms. The summed E-state index contributed by atoms with van der Waals surface area (Å²) in [4.78, 5) is 22.2. The van der Waals surface area contributed by atoms with E-state index in [1.165, 1.54) is 24.4 Å². The van der Waals surface area contributed by atoms with E-state index in [0.717, 1.165) is 12.0 Å². The molecule has 0 bridgehead atoms. The van der Waals surface area contributed by atoms with Crippen LogP contribution >= 0.6 is 0 Å². The van der Waals surface area contributed by atoms with Gasteiger partial charge in [-0.05, 0) is 24.0 Å². The molecule has 1 amide bonds. The predicted molar refractivity (Wildman–Crippen MR) is 87.8 cm³/mol. The molecule has 1 fully saturated rings. The fourth-order valence-corrected chi connectivity index (χ4v) is 2.56. The number of nitrogens with zero attached hydrogens (tertiary/aromatic N) is 2. The fourth-order valence-electron chi connectivity index (χ4n) is 2.56. The van der Waals surface area contributed by atoms with Crippen molar-refractivity contribution in [3.05, 3.63) is 69.8 Å². The number of benzene rings is 2. The van der Waals surface area contributed by atoms with Gasteiger partial charge in [0.2, 0.25) is 5.91 Å². The first-order valence-corrected chi connectivity index (χ1v) is 7.41. The number of carbonyl (C=O) groups is 1. The third-order valence-electron chi connectivity index (χ3n) is 3.96. The summed E-state index contributed by atoms with van der Waals surface area (Å²) in [6.45, 7) is 0. The van der Waals surface area contributed by atoms with Crippen molar-refractivity contribution in [1.29, 1.82) is 0 Å². The van der Waals surface area contributed by atoms with E-state index in [4.69, 9.17) is 0 Å². The van der Waals surface area contributed by atoms with Crippen LogP contribution in [0.5, 0.6) is 5.75 Å². The lowest BCUT2D eigenvalue weighted by molar-refractivity contribution is -0.384. The van der Waals surface area contributed by atoms with E-state index in [1.807, 2.05) is 30.3 Å². The highest BCUT2D eigenvalue weighted by Crippen LogP contribution is 2.47. The van der Waals surface area contributed by atoms with E-state index in [0.29, 0.717) is 0 Å². The largest absolute Gasteiger partial charge is 0.507 e. The third kappa shape index (κ3) is 3.40. The average Bonchev–Trinajstić information content (AvgIpc) is 3.38. The Morgan fingerprint density at radius 2 is 2.04 bits per heavy atom. The van der Waals surface area contributed by atoms with Crippen LogP contribution in [0.15, 0.2) is 53.6 Å². The van der Waals surface area contributed by atoms with Gasteiger partial charge in [0.15, 0.2) is 0 Å². The molecule has 0 heterocycles. The molecule has 122 valence electrons. The first kappa shape index (κ1) is 15.7. The van der Waals surface area contributed by atoms with Crippen LogP contribution in [-0.4, -0.2) is 22.2 Å². The minimum absolute atomic E-state index is 0.122. The summed E-state index contributed by atoms with van der Waals surface area (Å²) in [5, 5.41) is 24.2. The summed E-state index contributed by atoms with van der Waals surface area (Å²) in [6.07, 6.45) is 1.97. The Bertz CT molecular complexity index is 805. The smallest absolute Gasteiger partial charge is 0.270 e. The van der Waals surface area contributed by atoms with Gasteiger partial charge in [-0.25, -0.2) is 5.43 Å². The highest BCUT2D eigenvalue weighted by molar-refractivity contribution is 5.87. The number of phenolic OH excluding ortho intramolecular Hbond substituents is 1. The predicted octanol–water partition coefficient (Wildman–Crippen LogP) is 2.55. The average molecular weight is 325 g/mol. The highest BCUT2D eigenvalue weighted by atomic mass is 16.6. The molecule has 2 aromatic carbocycles. The van der Waals surface area contributed by atoms with Gasteiger partial charge in [-0.15, -0.1) is 0 Å². The Labute approximate surface area is 137 Å². The number of non-ortho nitro benzene ring substituents is 1. The molecule has 1 aliphatic carbocycles. The summed E-state index contributed by atoms with van der Waals surface area (Å²) in [5.41, 5.74) is 3.55. The molecule has 24 heavy (non-hydrogen) atoms. The molecule has 2 N–H and O–H groups in total. The van der Waals surface area contributed by atoms with E-state index >= 15 is 0 Å². The number of hydrazone groups is 1. The van der Waals surface area contributed by atoms with Gasteiger partial charge in [0.25, 0.3) is 5.69 Å². The van der Waals surface area contributed by atoms with Crippen molar-refractivity contribution in [2.45, 2.75) is 12.3 Å². The third-order valence-corrected chi connectivity index (χ3v) is 3.96. The molecule has 2 aromatic rings. The van der Waals surface area contributed by atoms with Crippen molar-refractivity contribution in [2.75, 3.05) is 0 Å². The van der Waals surface area contributed by atoms with Gasteiger partial charge in [-0.3, -0.25) is 14.9 Å². The number of hydrogen-bond donors (Lipinski definition) is 2. The lowest BCUT2D eigenvalue weighted by atomic mass is 10.1. The summed E-state index contributed by atoms with van der Waals surface area (Å²) >= 11 is 0. The van der Waals surface area contributed by atoms with Crippen molar-refractivity contribution in [2.24, 2.45) is 11.0 Å². The molecule has 7 nitrogen and oxygen atoms in total. The van der Waals surface area contributed by atoms with Crippen LogP contribution in [0.2, 0.25) is 0 Å². The Morgan fingerprint density at radius 1 is 1.29 bits per heavy atom. The van der Waals surface area contributed by atoms with Gasteiger partial charge in [0.05, 0.1) is 11.1 Å². The van der Waals surface area contributed by atoms with E-state index in [9.17, 15) is 20.0 Å². The van der Waals surface area contributed by atoms with Gasteiger partial charge in [-0.1, -0.05) is 30.3 Å². The standard InChI is InChI=1S/C17H15N3O4/c21-16-7-6-13(20(23)24)8-12(16)10-18-19-17(22)15-9-14(15)11-4-2-1-3-5-11/h1-8,10,14-15,21H,9H2,(H,19,22). The Kier molecular flexibility index (Phi) is 4.24. The van der Waals surface area contributed by atoms with Crippen molar-refractivity contribution in [1.82, 2.24) is 5.43 Å². The van der Waals surface area contributed by atoms with Crippen LogP contribution in [0.1, 0.15) is 23.5 Å².